The molecule has 3 aromatic rings. The van der Waals surface area contributed by atoms with Crippen molar-refractivity contribution in [1.82, 2.24) is 9.88 Å². The Morgan fingerprint density at radius 1 is 1.08 bits per heavy atom. The van der Waals surface area contributed by atoms with Gasteiger partial charge in [0.15, 0.2) is 11.5 Å². The Morgan fingerprint density at radius 3 is 2.61 bits per heavy atom. The fraction of sp³-hybridized carbons (Fsp3) is 0.300. The summed E-state index contributed by atoms with van der Waals surface area (Å²) in [4.78, 5) is 32.5. The SMILES string of the molecule is CCOc1ccc([C@@H]2/C(=C(\O)c3ccc4c(c3)C[C@@H](C)O4)C(=O)C(=O)N2Cc2cccnc2)cc1OCC. The molecule has 0 bridgehead atoms. The van der Waals surface area contributed by atoms with Crippen LogP contribution >= 0.6 is 0 Å². The van der Waals surface area contributed by atoms with Crippen molar-refractivity contribution >= 4 is 17.4 Å². The van der Waals surface area contributed by atoms with Gasteiger partial charge >= 0.3 is 0 Å². The number of hydrogen-bond acceptors (Lipinski definition) is 7. The van der Waals surface area contributed by atoms with Crippen molar-refractivity contribution in [2.45, 2.75) is 45.9 Å². The minimum absolute atomic E-state index is 0.0254. The second kappa shape index (κ2) is 10.6. The zero-order valence-electron chi connectivity index (χ0n) is 21.6. The number of hydrogen-bond donors (Lipinski definition) is 1. The van der Waals surface area contributed by atoms with Crippen LogP contribution in [0.15, 0.2) is 66.5 Å². The molecule has 196 valence electrons. The number of ether oxygens (including phenoxy) is 3. The standard InChI is InChI=1S/C30H30N2O6/c1-4-36-24-11-8-20(15-25(24)37-5-2)27-26(28(33)21-9-10-23-22(14-21)13-18(3)38-23)29(34)30(35)32(27)17-19-7-6-12-31-16-19/h6-12,14-16,18,27,33H,4-5,13,17H2,1-3H3/b28-26+/t18-,27-/m1/s1. The highest BCUT2D eigenvalue weighted by molar-refractivity contribution is 6.46. The summed E-state index contributed by atoms with van der Waals surface area (Å²) in [5, 5.41) is 11.5. The van der Waals surface area contributed by atoms with Crippen molar-refractivity contribution < 1.29 is 28.9 Å². The third-order valence-corrected chi connectivity index (χ3v) is 6.67. The van der Waals surface area contributed by atoms with Gasteiger partial charge in [-0.15, -0.1) is 0 Å². The van der Waals surface area contributed by atoms with E-state index < -0.39 is 17.7 Å². The summed E-state index contributed by atoms with van der Waals surface area (Å²) in [6, 6.07) is 13.4. The van der Waals surface area contributed by atoms with E-state index in [-0.39, 0.29) is 24.0 Å². The molecule has 5 rings (SSSR count). The van der Waals surface area contributed by atoms with Crippen LogP contribution in [0.5, 0.6) is 17.2 Å². The first-order chi connectivity index (χ1) is 18.4. The Hall–Kier alpha value is -4.33. The quantitative estimate of drug-likeness (QED) is 0.261. The molecule has 0 aliphatic carbocycles. The van der Waals surface area contributed by atoms with E-state index in [1.165, 1.54) is 4.90 Å². The number of ketones is 1. The zero-order chi connectivity index (χ0) is 26.8. The van der Waals surface area contributed by atoms with E-state index in [0.29, 0.717) is 42.3 Å². The predicted molar refractivity (Wildman–Crippen MR) is 141 cm³/mol. The lowest BCUT2D eigenvalue weighted by Crippen LogP contribution is -2.29. The Labute approximate surface area is 221 Å². The van der Waals surface area contributed by atoms with Gasteiger partial charge in [-0.2, -0.15) is 0 Å². The molecule has 1 fully saturated rings. The number of aliphatic hydroxyl groups excluding tert-OH is 1. The van der Waals surface area contributed by atoms with Gasteiger partial charge < -0.3 is 24.2 Å². The van der Waals surface area contributed by atoms with E-state index in [9.17, 15) is 14.7 Å². The molecule has 2 aliphatic heterocycles. The third kappa shape index (κ3) is 4.69. The van der Waals surface area contributed by atoms with Gasteiger partial charge in [-0.3, -0.25) is 14.6 Å². The summed E-state index contributed by atoms with van der Waals surface area (Å²) in [7, 11) is 0. The van der Waals surface area contributed by atoms with Crippen LogP contribution in [0.2, 0.25) is 0 Å². The number of likely N-dealkylation sites (tertiary alicyclic amines) is 1. The van der Waals surface area contributed by atoms with Gasteiger partial charge in [0.1, 0.15) is 17.6 Å². The number of nitrogens with zero attached hydrogens (tertiary/aromatic N) is 2. The second-order valence-corrected chi connectivity index (χ2v) is 9.32. The number of carbonyl (C=O) groups is 2. The third-order valence-electron chi connectivity index (χ3n) is 6.67. The van der Waals surface area contributed by atoms with E-state index >= 15 is 0 Å². The molecule has 38 heavy (non-hydrogen) atoms. The number of amides is 1. The van der Waals surface area contributed by atoms with Gasteiger partial charge in [-0.1, -0.05) is 12.1 Å². The molecule has 1 amide bonds. The van der Waals surface area contributed by atoms with E-state index in [0.717, 1.165) is 16.9 Å². The average Bonchev–Trinajstić information content (AvgIpc) is 3.41. The van der Waals surface area contributed by atoms with Gasteiger partial charge in [0.2, 0.25) is 0 Å². The smallest absolute Gasteiger partial charge is 0.295 e. The summed E-state index contributed by atoms with van der Waals surface area (Å²) >= 11 is 0. The van der Waals surface area contributed by atoms with Crippen molar-refractivity contribution in [3.05, 3.63) is 88.8 Å². The Bertz CT molecular complexity index is 1400. The summed E-state index contributed by atoms with van der Waals surface area (Å²) in [5.41, 5.74) is 2.82. The minimum Gasteiger partial charge on any atom is -0.507 e. The van der Waals surface area contributed by atoms with Crippen molar-refractivity contribution in [3.63, 3.8) is 0 Å². The number of carbonyl (C=O) groups excluding carboxylic acids is 2. The first kappa shape index (κ1) is 25.3. The lowest BCUT2D eigenvalue weighted by molar-refractivity contribution is -0.140. The van der Waals surface area contributed by atoms with Crippen molar-refractivity contribution in [3.8, 4) is 17.2 Å². The highest BCUT2D eigenvalue weighted by Gasteiger charge is 2.46. The molecule has 1 saturated heterocycles. The molecule has 2 atom stereocenters. The number of aromatic nitrogens is 1. The van der Waals surface area contributed by atoms with Crippen LogP contribution in [-0.2, 0) is 22.6 Å². The molecular weight excluding hydrogens is 484 g/mol. The van der Waals surface area contributed by atoms with Crippen LogP contribution in [-0.4, -0.2) is 46.0 Å². The zero-order valence-corrected chi connectivity index (χ0v) is 21.6. The summed E-state index contributed by atoms with van der Waals surface area (Å²) in [5.74, 6) is 0.169. The van der Waals surface area contributed by atoms with Gasteiger partial charge in [0.25, 0.3) is 11.7 Å². The molecule has 3 heterocycles. The van der Waals surface area contributed by atoms with Crippen molar-refractivity contribution in [2.75, 3.05) is 13.2 Å². The molecule has 0 spiro atoms. The molecule has 8 heteroatoms. The van der Waals surface area contributed by atoms with E-state index in [2.05, 4.69) is 4.98 Å². The van der Waals surface area contributed by atoms with Gasteiger partial charge in [-0.25, -0.2) is 0 Å². The molecule has 2 aliphatic rings. The first-order valence-electron chi connectivity index (χ1n) is 12.8. The minimum atomic E-state index is -0.839. The van der Waals surface area contributed by atoms with Gasteiger partial charge in [0.05, 0.1) is 24.8 Å². The summed E-state index contributed by atoms with van der Waals surface area (Å²) in [6.07, 6.45) is 4.04. The monoisotopic (exact) mass is 514 g/mol. The van der Waals surface area contributed by atoms with E-state index in [1.54, 1.807) is 48.8 Å². The van der Waals surface area contributed by atoms with Crippen molar-refractivity contribution in [2.24, 2.45) is 0 Å². The van der Waals surface area contributed by atoms with Gasteiger partial charge in [0, 0.05) is 30.9 Å². The molecule has 2 aromatic carbocycles. The number of aliphatic hydroxyl groups is 1. The molecule has 0 radical (unpaired) electrons. The molecule has 0 unspecified atom stereocenters. The Balaban J connectivity index is 1.65. The second-order valence-electron chi connectivity index (χ2n) is 9.32. The maximum Gasteiger partial charge on any atom is 0.295 e. The number of rotatable bonds is 8. The van der Waals surface area contributed by atoms with Crippen LogP contribution in [0.1, 0.15) is 49.1 Å². The fourth-order valence-electron chi connectivity index (χ4n) is 5.04. The predicted octanol–water partition coefficient (Wildman–Crippen LogP) is 4.82. The maximum atomic E-state index is 13.5. The molecule has 0 saturated carbocycles. The Kier molecular flexibility index (Phi) is 7.05. The van der Waals surface area contributed by atoms with Crippen LogP contribution in [0.4, 0.5) is 0 Å². The van der Waals surface area contributed by atoms with E-state index in [4.69, 9.17) is 14.2 Å². The number of benzene rings is 2. The highest BCUT2D eigenvalue weighted by atomic mass is 16.5. The van der Waals surface area contributed by atoms with Crippen LogP contribution in [0.25, 0.3) is 5.76 Å². The average molecular weight is 515 g/mol. The first-order valence-corrected chi connectivity index (χ1v) is 12.8. The normalized spacial score (nSPS) is 19.8. The topological polar surface area (TPSA) is 98.2 Å². The molecule has 8 nitrogen and oxygen atoms in total. The molecular formula is C30H30N2O6. The van der Waals surface area contributed by atoms with Crippen molar-refractivity contribution in [1.29, 1.82) is 0 Å². The number of fused-ring (bicyclic) bond motifs is 1. The van der Waals surface area contributed by atoms with E-state index in [1.807, 2.05) is 32.9 Å². The Morgan fingerprint density at radius 2 is 1.87 bits per heavy atom. The molecule has 1 aromatic heterocycles. The largest absolute Gasteiger partial charge is 0.507 e. The lowest BCUT2D eigenvalue weighted by atomic mass is 9.94. The van der Waals surface area contributed by atoms with Gasteiger partial charge in [-0.05, 0) is 73.9 Å². The molecule has 1 N–H and O–H groups in total. The number of Topliss-reactive ketones (excluding diaryl/α,β-unsaturated/α-hetero) is 1. The van der Waals surface area contributed by atoms with Crippen LogP contribution in [0, 0.1) is 0 Å². The highest BCUT2D eigenvalue weighted by Crippen LogP contribution is 2.43. The summed E-state index contributed by atoms with van der Waals surface area (Å²) < 4.78 is 17.3. The van der Waals surface area contributed by atoms with Crippen LogP contribution < -0.4 is 14.2 Å². The summed E-state index contributed by atoms with van der Waals surface area (Å²) in [6.45, 7) is 6.75. The maximum absolute atomic E-state index is 13.5. The lowest BCUT2D eigenvalue weighted by Gasteiger charge is -2.26. The fourth-order valence-corrected chi connectivity index (χ4v) is 5.04. The van der Waals surface area contributed by atoms with Crippen LogP contribution in [0.3, 0.4) is 0 Å². The number of pyridine rings is 1.